The van der Waals surface area contributed by atoms with Gasteiger partial charge in [-0.15, -0.1) is 0 Å². The lowest BCUT2D eigenvalue weighted by Gasteiger charge is -2.43. The molecule has 0 bridgehead atoms. The summed E-state index contributed by atoms with van der Waals surface area (Å²) in [5.41, 5.74) is 0.244. The Morgan fingerprint density at radius 1 is 1.40 bits per heavy atom. The van der Waals surface area contributed by atoms with Crippen LogP contribution >= 0.6 is 0 Å². The Kier molecular flexibility index (Phi) is 3.68. The Bertz CT molecular complexity index is 191. The molecule has 0 aromatic carbocycles. The molecule has 0 aromatic rings. The van der Waals surface area contributed by atoms with Crippen LogP contribution in [0.15, 0.2) is 0 Å². The van der Waals surface area contributed by atoms with Crippen molar-refractivity contribution in [2.45, 2.75) is 63.5 Å². The van der Waals surface area contributed by atoms with Gasteiger partial charge in [-0.25, -0.2) is 0 Å². The predicted molar refractivity (Wildman–Crippen MR) is 63.0 cm³/mol. The first kappa shape index (κ1) is 11.4. The summed E-state index contributed by atoms with van der Waals surface area (Å²) < 4.78 is 5.72. The Hall–Kier alpha value is -0.0800. The van der Waals surface area contributed by atoms with Gasteiger partial charge in [0.1, 0.15) is 0 Å². The normalized spacial score (nSPS) is 26.0. The van der Waals surface area contributed by atoms with Crippen molar-refractivity contribution in [3.63, 3.8) is 0 Å². The first-order chi connectivity index (χ1) is 7.29. The van der Waals surface area contributed by atoms with Crippen molar-refractivity contribution in [3.8, 4) is 0 Å². The van der Waals surface area contributed by atoms with Crippen LogP contribution < -0.4 is 5.32 Å². The van der Waals surface area contributed by atoms with E-state index in [-0.39, 0.29) is 5.60 Å². The molecule has 88 valence electrons. The maximum atomic E-state index is 5.72. The van der Waals surface area contributed by atoms with Crippen molar-refractivity contribution in [1.82, 2.24) is 5.32 Å². The molecule has 2 saturated carbocycles. The molecule has 2 fully saturated rings. The van der Waals surface area contributed by atoms with Gasteiger partial charge in [0.2, 0.25) is 0 Å². The summed E-state index contributed by atoms with van der Waals surface area (Å²) in [6, 6.07) is 0.727. The van der Waals surface area contributed by atoms with Crippen LogP contribution in [0.5, 0.6) is 0 Å². The van der Waals surface area contributed by atoms with Gasteiger partial charge in [-0.1, -0.05) is 6.92 Å². The lowest BCUT2D eigenvalue weighted by Crippen LogP contribution is -2.46. The zero-order chi connectivity index (χ0) is 10.7. The minimum absolute atomic E-state index is 0.244. The first-order valence-electron chi connectivity index (χ1n) is 6.58. The molecule has 0 aromatic heterocycles. The van der Waals surface area contributed by atoms with Crippen molar-refractivity contribution in [1.29, 1.82) is 0 Å². The number of hydrogen-bond donors (Lipinski definition) is 1. The third-order valence-electron chi connectivity index (χ3n) is 4.14. The van der Waals surface area contributed by atoms with E-state index in [1.165, 1.54) is 51.5 Å². The lowest BCUT2D eigenvalue weighted by molar-refractivity contribution is -0.0847. The average molecular weight is 211 g/mol. The van der Waals surface area contributed by atoms with Crippen LogP contribution in [0.1, 0.15) is 51.9 Å². The highest BCUT2D eigenvalue weighted by atomic mass is 16.5. The molecule has 2 heteroatoms. The van der Waals surface area contributed by atoms with Crippen molar-refractivity contribution in [3.05, 3.63) is 0 Å². The molecule has 2 aliphatic carbocycles. The maximum absolute atomic E-state index is 5.72. The fourth-order valence-corrected chi connectivity index (χ4v) is 2.70. The molecule has 1 unspecified atom stereocenters. The monoisotopic (exact) mass is 211 g/mol. The van der Waals surface area contributed by atoms with Gasteiger partial charge >= 0.3 is 0 Å². The molecule has 1 N–H and O–H groups in total. The van der Waals surface area contributed by atoms with Crippen molar-refractivity contribution < 1.29 is 4.74 Å². The minimum atomic E-state index is 0.244. The first-order valence-corrected chi connectivity index (χ1v) is 6.58. The molecule has 2 rings (SSSR count). The number of methoxy groups -OCH3 is 1. The molecule has 0 heterocycles. The number of rotatable bonds is 7. The second kappa shape index (κ2) is 4.84. The highest BCUT2D eigenvalue weighted by Crippen LogP contribution is 2.43. The van der Waals surface area contributed by atoms with Crippen LogP contribution in [0.25, 0.3) is 0 Å². The van der Waals surface area contributed by atoms with Crippen LogP contribution in [0.3, 0.4) is 0 Å². The van der Waals surface area contributed by atoms with Crippen LogP contribution in [0, 0.1) is 5.92 Å². The van der Waals surface area contributed by atoms with Crippen LogP contribution in [0.4, 0.5) is 0 Å². The second-order valence-corrected chi connectivity index (χ2v) is 5.34. The fraction of sp³-hybridized carbons (Fsp3) is 1.00. The summed E-state index contributed by atoms with van der Waals surface area (Å²) in [4.78, 5) is 0. The van der Waals surface area contributed by atoms with E-state index in [1.54, 1.807) is 0 Å². The van der Waals surface area contributed by atoms with Crippen molar-refractivity contribution in [2.75, 3.05) is 13.7 Å². The van der Waals surface area contributed by atoms with E-state index >= 15 is 0 Å². The highest BCUT2D eigenvalue weighted by Gasteiger charge is 2.42. The van der Waals surface area contributed by atoms with Crippen LogP contribution in [0.2, 0.25) is 0 Å². The van der Waals surface area contributed by atoms with Gasteiger partial charge in [0, 0.05) is 13.2 Å². The molecular formula is C13H25NO. The molecular weight excluding hydrogens is 186 g/mol. The number of ether oxygens (including phenoxy) is 1. The van der Waals surface area contributed by atoms with E-state index in [9.17, 15) is 0 Å². The molecule has 2 nitrogen and oxygen atoms in total. The standard InChI is InChI=1S/C13H25NO/c1-3-9-14-12(11-5-6-11)10-13(15-2)7-4-8-13/h11-12,14H,3-10H2,1-2H3. The van der Waals surface area contributed by atoms with E-state index in [1.807, 2.05) is 7.11 Å². The van der Waals surface area contributed by atoms with E-state index in [4.69, 9.17) is 4.74 Å². The highest BCUT2D eigenvalue weighted by molar-refractivity contribution is 4.97. The Morgan fingerprint density at radius 3 is 2.53 bits per heavy atom. The van der Waals surface area contributed by atoms with E-state index in [2.05, 4.69) is 12.2 Å². The quantitative estimate of drug-likeness (QED) is 0.699. The van der Waals surface area contributed by atoms with Crippen LogP contribution in [-0.4, -0.2) is 25.3 Å². The summed E-state index contributed by atoms with van der Waals surface area (Å²) in [7, 11) is 1.89. The summed E-state index contributed by atoms with van der Waals surface area (Å²) in [6.07, 6.45) is 9.26. The van der Waals surface area contributed by atoms with Gasteiger partial charge in [-0.2, -0.15) is 0 Å². The number of hydrogen-bond acceptors (Lipinski definition) is 2. The third kappa shape index (κ3) is 2.73. The van der Waals surface area contributed by atoms with E-state index in [0.29, 0.717) is 0 Å². The molecule has 0 spiro atoms. The fourth-order valence-electron chi connectivity index (χ4n) is 2.70. The number of nitrogens with one attached hydrogen (secondary N) is 1. The molecule has 0 radical (unpaired) electrons. The van der Waals surface area contributed by atoms with Crippen molar-refractivity contribution in [2.24, 2.45) is 5.92 Å². The summed E-state index contributed by atoms with van der Waals surface area (Å²) in [5.74, 6) is 0.948. The second-order valence-electron chi connectivity index (χ2n) is 5.34. The molecule has 1 atom stereocenters. The zero-order valence-corrected chi connectivity index (χ0v) is 10.2. The van der Waals surface area contributed by atoms with E-state index < -0.39 is 0 Å². The smallest absolute Gasteiger partial charge is 0.0693 e. The average Bonchev–Trinajstić information content (AvgIpc) is 3.00. The van der Waals surface area contributed by atoms with E-state index in [0.717, 1.165) is 12.0 Å². The van der Waals surface area contributed by atoms with Gasteiger partial charge in [0.25, 0.3) is 0 Å². The zero-order valence-electron chi connectivity index (χ0n) is 10.2. The SMILES string of the molecule is CCCNC(CC1(OC)CCC1)C1CC1. The maximum Gasteiger partial charge on any atom is 0.0693 e. The Balaban J connectivity index is 1.82. The largest absolute Gasteiger partial charge is 0.378 e. The molecule has 0 saturated heterocycles. The molecule has 0 amide bonds. The van der Waals surface area contributed by atoms with Crippen molar-refractivity contribution >= 4 is 0 Å². The molecule has 15 heavy (non-hydrogen) atoms. The van der Waals surface area contributed by atoms with Gasteiger partial charge in [-0.05, 0) is 57.4 Å². The van der Waals surface area contributed by atoms with Gasteiger partial charge < -0.3 is 10.1 Å². The van der Waals surface area contributed by atoms with Gasteiger partial charge in [0.05, 0.1) is 5.60 Å². The van der Waals surface area contributed by atoms with Gasteiger partial charge in [0.15, 0.2) is 0 Å². The minimum Gasteiger partial charge on any atom is -0.378 e. The predicted octanol–water partition coefficient (Wildman–Crippen LogP) is 2.72. The van der Waals surface area contributed by atoms with Crippen LogP contribution in [-0.2, 0) is 4.74 Å². The Labute approximate surface area is 93.8 Å². The summed E-state index contributed by atoms with van der Waals surface area (Å²) >= 11 is 0. The third-order valence-corrected chi connectivity index (χ3v) is 4.14. The van der Waals surface area contributed by atoms with Gasteiger partial charge in [-0.3, -0.25) is 0 Å². The Morgan fingerprint density at radius 2 is 2.13 bits per heavy atom. The molecule has 0 aliphatic heterocycles. The lowest BCUT2D eigenvalue weighted by atomic mass is 9.75. The molecule has 2 aliphatic rings. The summed E-state index contributed by atoms with van der Waals surface area (Å²) in [6.45, 7) is 3.41. The summed E-state index contributed by atoms with van der Waals surface area (Å²) in [5, 5.41) is 3.71. The topological polar surface area (TPSA) is 21.3 Å².